The van der Waals surface area contributed by atoms with Crippen LogP contribution in [0.25, 0.3) is 0 Å². The third-order valence-corrected chi connectivity index (χ3v) is 3.89. The number of carbonyl (C=O) groups is 1. The predicted octanol–water partition coefficient (Wildman–Crippen LogP) is 1.05. The average Bonchev–Trinajstić information content (AvgIpc) is 2.23. The van der Waals surface area contributed by atoms with Crippen molar-refractivity contribution in [3.63, 3.8) is 0 Å². The first kappa shape index (κ1) is 14.5. The van der Waals surface area contributed by atoms with Gasteiger partial charge < -0.3 is 13.6 Å². The zero-order valence-corrected chi connectivity index (χ0v) is 10.9. The molecule has 0 bridgehead atoms. The molecule has 0 heterocycles. The van der Waals surface area contributed by atoms with Gasteiger partial charge in [-0.05, 0) is 25.0 Å². The summed E-state index contributed by atoms with van der Waals surface area (Å²) in [5, 5.41) is 0. The Kier molecular flexibility index (Phi) is 8.50. The first-order chi connectivity index (χ1) is 7.11. The van der Waals surface area contributed by atoms with Gasteiger partial charge in [0.05, 0.1) is 0 Å². The standard InChI is InChI=1S/C10H20O4Si/c1-9(2)10(11)8-14-6-5-7-15(12-3)13-4/h15H,1,5-8H2,2-4H3. The first-order valence-corrected chi connectivity index (χ1v) is 6.69. The van der Waals surface area contributed by atoms with Gasteiger partial charge in [0.15, 0.2) is 5.78 Å². The van der Waals surface area contributed by atoms with E-state index in [1.165, 1.54) is 0 Å². The van der Waals surface area contributed by atoms with Gasteiger partial charge in [-0.15, -0.1) is 0 Å². The Morgan fingerprint density at radius 2 is 1.93 bits per heavy atom. The van der Waals surface area contributed by atoms with Crippen molar-refractivity contribution < 1.29 is 18.4 Å². The molecule has 0 aromatic rings. The summed E-state index contributed by atoms with van der Waals surface area (Å²) in [6.45, 7) is 5.92. The number of ether oxygens (including phenoxy) is 1. The number of ketones is 1. The van der Waals surface area contributed by atoms with E-state index >= 15 is 0 Å². The van der Waals surface area contributed by atoms with Gasteiger partial charge in [-0.25, -0.2) is 0 Å². The van der Waals surface area contributed by atoms with Crippen molar-refractivity contribution in [1.29, 1.82) is 0 Å². The molecule has 0 amide bonds. The third kappa shape index (κ3) is 7.44. The molecule has 0 aromatic heterocycles. The van der Waals surface area contributed by atoms with Gasteiger partial charge in [0, 0.05) is 20.8 Å². The van der Waals surface area contributed by atoms with Crippen LogP contribution in [0.3, 0.4) is 0 Å². The molecule has 0 radical (unpaired) electrons. The van der Waals surface area contributed by atoms with Gasteiger partial charge in [0.25, 0.3) is 0 Å². The van der Waals surface area contributed by atoms with Crippen LogP contribution >= 0.6 is 0 Å². The lowest BCUT2D eigenvalue weighted by molar-refractivity contribution is -0.119. The molecule has 0 rings (SSSR count). The number of Topliss-reactive ketones (excluding diaryl/α,β-unsaturated/α-hetero) is 1. The van der Waals surface area contributed by atoms with E-state index in [2.05, 4.69) is 6.58 Å². The number of rotatable bonds is 9. The second-order valence-electron chi connectivity index (χ2n) is 3.30. The smallest absolute Gasteiger partial charge is 0.320 e. The van der Waals surface area contributed by atoms with E-state index in [-0.39, 0.29) is 12.4 Å². The molecule has 0 atom stereocenters. The summed E-state index contributed by atoms with van der Waals surface area (Å²) < 4.78 is 15.5. The monoisotopic (exact) mass is 232 g/mol. The summed E-state index contributed by atoms with van der Waals surface area (Å²) in [5.41, 5.74) is 0.538. The molecule has 0 spiro atoms. The molecule has 0 saturated heterocycles. The highest BCUT2D eigenvalue weighted by Crippen LogP contribution is 2.00. The van der Waals surface area contributed by atoms with Crippen LogP contribution in [-0.4, -0.2) is 42.5 Å². The molecule has 0 unspecified atom stereocenters. The molecule has 5 heteroatoms. The van der Waals surface area contributed by atoms with E-state index < -0.39 is 9.28 Å². The summed E-state index contributed by atoms with van der Waals surface area (Å²) in [6, 6.07) is 0.897. The Labute approximate surface area is 93.1 Å². The Bertz CT molecular complexity index is 202. The van der Waals surface area contributed by atoms with Crippen molar-refractivity contribution in [2.24, 2.45) is 0 Å². The van der Waals surface area contributed by atoms with Crippen molar-refractivity contribution in [1.82, 2.24) is 0 Å². The fourth-order valence-electron chi connectivity index (χ4n) is 0.972. The molecule has 0 fully saturated rings. The summed E-state index contributed by atoms with van der Waals surface area (Å²) in [6.07, 6.45) is 0.863. The Hall–Kier alpha value is -0.493. The SMILES string of the molecule is C=C(C)C(=O)COCCC[SiH](OC)OC. The molecule has 15 heavy (non-hydrogen) atoms. The largest absolute Gasteiger partial charge is 0.400 e. The second kappa shape index (κ2) is 8.79. The van der Waals surface area contributed by atoms with Crippen LogP contribution in [0.2, 0.25) is 6.04 Å². The van der Waals surface area contributed by atoms with Gasteiger partial charge in [0.2, 0.25) is 0 Å². The van der Waals surface area contributed by atoms with Crippen molar-refractivity contribution in [3.8, 4) is 0 Å². The molecule has 88 valence electrons. The number of hydrogen-bond donors (Lipinski definition) is 0. The van der Waals surface area contributed by atoms with Crippen molar-refractivity contribution in [2.75, 3.05) is 27.4 Å². The van der Waals surface area contributed by atoms with Gasteiger partial charge in [0.1, 0.15) is 6.61 Å². The van der Waals surface area contributed by atoms with Crippen molar-refractivity contribution in [3.05, 3.63) is 12.2 Å². The highest BCUT2D eigenvalue weighted by atomic mass is 28.3. The second-order valence-corrected chi connectivity index (χ2v) is 5.68. The highest BCUT2D eigenvalue weighted by Gasteiger charge is 2.08. The molecular formula is C10H20O4Si. The van der Waals surface area contributed by atoms with E-state index in [1.54, 1.807) is 21.1 Å². The topological polar surface area (TPSA) is 44.8 Å². The van der Waals surface area contributed by atoms with Crippen LogP contribution in [0.5, 0.6) is 0 Å². The summed E-state index contributed by atoms with van der Waals surface area (Å²) in [4.78, 5) is 11.1. The molecule has 0 aliphatic rings. The van der Waals surface area contributed by atoms with Gasteiger partial charge in [-0.1, -0.05) is 6.58 Å². The van der Waals surface area contributed by atoms with Crippen LogP contribution in [0.15, 0.2) is 12.2 Å². The molecule has 0 aliphatic carbocycles. The van der Waals surface area contributed by atoms with Gasteiger partial charge >= 0.3 is 9.28 Å². The normalized spacial score (nSPS) is 10.7. The maximum Gasteiger partial charge on any atom is 0.320 e. The molecule has 0 N–H and O–H groups in total. The predicted molar refractivity (Wildman–Crippen MR) is 61.2 cm³/mol. The van der Waals surface area contributed by atoms with Gasteiger partial charge in [-0.2, -0.15) is 0 Å². The number of carbonyl (C=O) groups excluding carboxylic acids is 1. The average molecular weight is 232 g/mol. The van der Waals surface area contributed by atoms with Crippen LogP contribution in [-0.2, 0) is 18.4 Å². The molecule has 0 aromatic carbocycles. The highest BCUT2D eigenvalue weighted by molar-refractivity contribution is 6.44. The van der Waals surface area contributed by atoms with Crippen molar-refractivity contribution in [2.45, 2.75) is 19.4 Å². The van der Waals surface area contributed by atoms with Gasteiger partial charge in [-0.3, -0.25) is 4.79 Å². The van der Waals surface area contributed by atoms with E-state index in [1.807, 2.05) is 0 Å². The molecule has 0 saturated carbocycles. The van der Waals surface area contributed by atoms with Crippen LogP contribution in [0.4, 0.5) is 0 Å². The lowest BCUT2D eigenvalue weighted by Gasteiger charge is -2.10. The van der Waals surface area contributed by atoms with Crippen LogP contribution < -0.4 is 0 Å². The first-order valence-electron chi connectivity index (χ1n) is 4.93. The fraction of sp³-hybridized carbons (Fsp3) is 0.700. The molecular weight excluding hydrogens is 212 g/mol. The minimum atomic E-state index is -1.46. The zero-order valence-electron chi connectivity index (χ0n) is 9.75. The van der Waals surface area contributed by atoms with Crippen LogP contribution in [0.1, 0.15) is 13.3 Å². The fourth-order valence-corrected chi connectivity index (χ4v) is 2.14. The zero-order chi connectivity index (χ0) is 11.7. The lowest BCUT2D eigenvalue weighted by atomic mass is 10.2. The third-order valence-electron chi connectivity index (χ3n) is 1.96. The molecule has 4 nitrogen and oxygen atoms in total. The van der Waals surface area contributed by atoms with E-state index in [9.17, 15) is 4.79 Å². The summed E-state index contributed by atoms with van der Waals surface area (Å²) >= 11 is 0. The quantitative estimate of drug-likeness (QED) is 0.339. The Morgan fingerprint density at radius 1 is 1.33 bits per heavy atom. The lowest BCUT2D eigenvalue weighted by Crippen LogP contribution is -2.19. The number of hydrogen-bond acceptors (Lipinski definition) is 4. The Balaban J connectivity index is 3.39. The minimum Gasteiger partial charge on any atom is -0.400 e. The Morgan fingerprint density at radius 3 is 2.40 bits per heavy atom. The van der Waals surface area contributed by atoms with Crippen molar-refractivity contribution >= 4 is 15.1 Å². The summed E-state index contributed by atoms with van der Waals surface area (Å²) in [5.74, 6) is -0.0396. The minimum absolute atomic E-state index is 0.0396. The van der Waals surface area contributed by atoms with E-state index in [4.69, 9.17) is 13.6 Å². The maximum absolute atomic E-state index is 11.1. The molecule has 0 aliphatic heterocycles. The van der Waals surface area contributed by atoms with E-state index in [0.29, 0.717) is 12.2 Å². The van der Waals surface area contributed by atoms with E-state index in [0.717, 1.165) is 12.5 Å². The summed E-state index contributed by atoms with van der Waals surface area (Å²) in [7, 11) is 1.86. The van der Waals surface area contributed by atoms with Crippen LogP contribution in [0, 0.1) is 0 Å². The maximum atomic E-state index is 11.1.